The summed E-state index contributed by atoms with van der Waals surface area (Å²) in [6.07, 6.45) is 1.77. The Morgan fingerprint density at radius 1 is 0.952 bits per heavy atom. The minimum Gasteiger partial charge on any atom is -0.472 e. The molecule has 0 unspecified atom stereocenters. The minimum atomic E-state index is 0.435. The molecular formula is C17H13Cl2NO. The molecule has 2 aromatic carbocycles. The van der Waals surface area contributed by atoms with Gasteiger partial charge in [-0.1, -0.05) is 41.9 Å². The second-order valence-electron chi connectivity index (χ2n) is 4.68. The number of alkyl halides is 1. The van der Waals surface area contributed by atoms with E-state index in [9.17, 15) is 0 Å². The first-order chi connectivity index (χ1) is 10.3. The molecule has 0 atom stereocenters. The first kappa shape index (κ1) is 14.2. The topological polar surface area (TPSA) is 22.1 Å². The quantitative estimate of drug-likeness (QED) is 0.616. The van der Waals surface area contributed by atoms with Crippen LogP contribution in [0.2, 0.25) is 5.02 Å². The summed E-state index contributed by atoms with van der Waals surface area (Å²) in [6, 6.07) is 15.6. The fraction of sp³-hybridized carbons (Fsp3) is 0.118. The molecule has 0 amide bonds. The molecule has 21 heavy (non-hydrogen) atoms. The molecule has 0 saturated carbocycles. The van der Waals surface area contributed by atoms with Gasteiger partial charge in [0.05, 0.1) is 0 Å². The SMILES string of the molecule is ClCc1cnc(OCc2ccc(Cl)cc2)c2ccccc12. The van der Waals surface area contributed by atoms with Gasteiger partial charge < -0.3 is 4.74 Å². The van der Waals surface area contributed by atoms with Crippen molar-refractivity contribution < 1.29 is 4.74 Å². The number of benzene rings is 2. The fourth-order valence-electron chi connectivity index (χ4n) is 2.18. The number of ether oxygens (including phenoxy) is 1. The smallest absolute Gasteiger partial charge is 0.221 e. The highest BCUT2D eigenvalue weighted by Crippen LogP contribution is 2.27. The van der Waals surface area contributed by atoms with E-state index in [1.165, 1.54) is 0 Å². The van der Waals surface area contributed by atoms with Crippen LogP contribution in [0.5, 0.6) is 5.88 Å². The molecule has 0 radical (unpaired) electrons. The van der Waals surface area contributed by atoms with E-state index >= 15 is 0 Å². The molecule has 0 spiro atoms. The third-order valence-electron chi connectivity index (χ3n) is 3.27. The van der Waals surface area contributed by atoms with Crippen molar-refractivity contribution >= 4 is 34.0 Å². The van der Waals surface area contributed by atoms with E-state index in [2.05, 4.69) is 4.98 Å². The van der Waals surface area contributed by atoms with E-state index < -0.39 is 0 Å². The molecular weight excluding hydrogens is 305 g/mol. The lowest BCUT2D eigenvalue weighted by Crippen LogP contribution is -1.99. The molecule has 0 saturated heterocycles. The molecule has 4 heteroatoms. The third-order valence-corrected chi connectivity index (χ3v) is 3.81. The first-order valence-electron chi connectivity index (χ1n) is 6.58. The summed E-state index contributed by atoms with van der Waals surface area (Å²) in [7, 11) is 0. The van der Waals surface area contributed by atoms with Crippen LogP contribution in [0.4, 0.5) is 0 Å². The average Bonchev–Trinajstić information content (AvgIpc) is 2.54. The number of fused-ring (bicyclic) bond motifs is 1. The zero-order valence-corrected chi connectivity index (χ0v) is 12.7. The van der Waals surface area contributed by atoms with E-state index in [4.69, 9.17) is 27.9 Å². The molecule has 0 aliphatic heterocycles. The van der Waals surface area contributed by atoms with Crippen LogP contribution in [0.1, 0.15) is 11.1 Å². The predicted molar refractivity (Wildman–Crippen MR) is 87.1 cm³/mol. The van der Waals surface area contributed by atoms with Gasteiger partial charge in [-0.15, -0.1) is 11.6 Å². The summed E-state index contributed by atoms with van der Waals surface area (Å²) in [5.74, 6) is 1.06. The van der Waals surface area contributed by atoms with E-state index in [-0.39, 0.29) is 0 Å². The van der Waals surface area contributed by atoms with E-state index in [1.54, 1.807) is 6.20 Å². The zero-order valence-electron chi connectivity index (χ0n) is 11.2. The maximum atomic E-state index is 5.95. The number of rotatable bonds is 4. The summed E-state index contributed by atoms with van der Waals surface area (Å²) in [6.45, 7) is 0.453. The van der Waals surface area contributed by atoms with Gasteiger partial charge in [0, 0.05) is 22.5 Å². The molecule has 106 valence electrons. The fourth-order valence-corrected chi connectivity index (χ4v) is 2.52. The minimum absolute atomic E-state index is 0.435. The number of hydrogen-bond donors (Lipinski definition) is 0. The first-order valence-corrected chi connectivity index (χ1v) is 7.49. The van der Waals surface area contributed by atoms with Gasteiger partial charge in [-0.05, 0) is 34.7 Å². The molecule has 0 aliphatic rings. The Morgan fingerprint density at radius 2 is 1.67 bits per heavy atom. The third kappa shape index (κ3) is 3.12. The van der Waals surface area contributed by atoms with Gasteiger partial charge in [-0.2, -0.15) is 0 Å². The van der Waals surface area contributed by atoms with Crippen LogP contribution in [0, 0.1) is 0 Å². The van der Waals surface area contributed by atoms with Crippen LogP contribution in [0.3, 0.4) is 0 Å². The van der Waals surface area contributed by atoms with Crippen LogP contribution in [0.25, 0.3) is 10.8 Å². The van der Waals surface area contributed by atoms with E-state index in [0.717, 1.165) is 21.9 Å². The normalized spacial score (nSPS) is 10.8. The second-order valence-corrected chi connectivity index (χ2v) is 5.39. The number of aromatic nitrogens is 1. The van der Waals surface area contributed by atoms with Crippen LogP contribution in [-0.2, 0) is 12.5 Å². The Balaban J connectivity index is 1.89. The Bertz CT molecular complexity index is 756. The largest absolute Gasteiger partial charge is 0.472 e. The average molecular weight is 318 g/mol. The maximum absolute atomic E-state index is 5.95. The van der Waals surface area contributed by atoms with E-state index in [1.807, 2.05) is 48.5 Å². The zero-order chi connectivity index (χ0) is 14.7. The van der Waals surface area contributed by atoms with Gasteiger partial charge in [0.15, 0.2) is 0 Å². The van der Waals surface area contributed by atoms with Crippen molar-refractivity contribution in [3.8, 4) is 5.88 Å². The Labute approximate surface area is 133 Å². The second kappa shape index (κ2) is 6.33. The number of halogens is 2. The predicted octanol–water partition coefficient (Wildman–Crippen LogP) is 5.21. The van der Waals surface area contributed by atoms with Crippen molar-refractivity contribution in [3.63, 3.8) is 0 Å². The Morgan fingerprint density at radius 3 is 2.38 bits per heavy atom. The van der Waals surface area contributed by atoms with Crippen LogP contribution in [0.15, 0.2) is 54.7 Å². The summed E-state index contributed by atoms with van der Waals surface area (Å²) in [5.41, 5.74) is 2.05. The molecule has 0 fully saturated rings. The van der Waals surface area contributed by atoms with Gasteiger partial charge in [-0.25, -0.2) is 4.98 Å². The standard InChI is InChI=1S/C17H13Cl2NO/c18-9-13-10-20-17(16-4-2-1-3-15(13)16)21-11-12-5-7-14(19)8-6-12/h1-8,10H,9,11H2. The molecule has 0 aliphatic carbocycles. The van der Waals surface area contributed by atoms with Crippen molar-refractivity contribution in [2.45, 2.75) is 12.5 Å². The molecule has 3 aromatic rings. The summed E-state index contributed by atoms with van der Waals surface area (Å²) < 4.78 is 5.85. The van der Waals surface area contributed by atoms with Gasteiger partial charge in [0.25, 0.3) is 0 Å². The molecule has 0 bridgehead atoms. The monoisotopic (exact) mass is 317 g/mol. The maximum Gasteiger partial charge on any atom is 0.221 e. The molecule has 3 rings (SSSR count). The molecule has 0 N–H and O–H groups in total. The highest BCUT2D eigenvalue weighted by atomic mass is 35.5. The molecule has 2 nitrogen and oxygen atoms in total. The van der Waals surface area contributed by atoms with Crippen molar-refractivity contribution in [2.75, 3.05) is 0 Å². The number of nitrogens with zero attached hydrogens (tertiary/aromatic N) is 1. The molecule has 1 aromatic heterocycles. The van der Waals surface area contributed by atoms with E-state index in [0.29, 0.717) is 23.4 Å². The Hall–Kier alpha value is -1.77. The van der Waals surface area contributed by atoms with Gasteiger partial charge in [0.1, 0.15) is 6.61 Å². The van der Waals surface area contributed by atoms with Crippen molar-refractivity contribution in [3.05, 3.63) is 70.9 Å². The highest BCUT2D eigenvalue weighted by molar-refractivity contribution is 6.30. The lowest BCUT2D eigenvalue weighted by molar-refractivity contribution is 0.298. The summed E-state index contributed by atoms with van der Waals surface area (Å²) in [5, 5.41) is 2.77. The number of hydrogen-bond acceptors (Lipinski definition) is 2. The van der Waals surface area contributed by atoms with Crippen LogP contribution >= 0.6 is 23.2 Å². The van der Waals surface area contributed by atoms with Gasteiger partial charge >= 0.3 is 0 Å². The van der Waals surface area contributed by atoms with Crippen LogP contribution in [-0.4, -0.2) is 4.98 Å². The lowest BCUT2D eigenvalue weighted by atomic mass is 10.1. The molecule has 1 heterocycles. The van der Waals surface area contributed by atoms with Gasteiger partial charge in [-0.3, -0.25) is 0 Å². The summed E-state index contributed by atoms with van der Waals surface area (Å²) >= 11 is 11.8. The van der Waals surface area contributed by atoms with Crippen LogP contribution < -0.4 is 4.74 Å². The number of pyridine rings is 1. The lowest BCUT2D eigenvalue weighted by Gasteiger charge is -2.10. The highest BCUT2D eigenvalue weighted by Gasteiger charge is 2.07. The van der Waals surface area contributed by atoms with Gasteiger partial charge in [0.2, 0.25) is 5.88 Å². The van der Waals surface area contributed by atoms with Crippen molar-refractivity contribution in [1.82, 2.24) is 4.98 Å². The van der Waals surface area contributed by atoms with Crippen molar-refractivity contribution in [1.29, 1.82) is 0 Å². The Kier molecular flexibility index (Phi) is 4.28. The summed E-state index contributed by atoms with van der Waals surface area (Å²) in [4.78, 5) is 4.38. The van der Waals surface area contributed by atoms with Crippen molar-refractivity contribution in [2.24, 2.45) is 0 Å².